The molecule has 0 heterocycles. The van der Waals surface area contributed by atoms with Gasteiger partial charge in [0.25, 0.3) is 0 Å². The lowest BCUT2D eigenvalue weighted by Crippen LogP contribution is -2.46. The van der Waals surface area contributed by atoms with E-state index in [0.717, 1.165) is 78.5 Å². The molecule has 180 valence electrons. The molecular weight excluding hydrogens is 432 g/mol. The topological polar surface area (TPSA) is 66.5 Å². The molecule has 1 amide bonds. The van der Waals surface area contributed by atoms with Gasteiger partial charge in [-0.25, -0.2) is 8.42 Å². The predicted molar refractivity (Wildman–Crippen MR) is 135 cm³/mol. The molecule has 0 bridgehead atoms. The molecule has 1 aliphatic carbocycles. The van der Waals surface area contributed by atoms with E-state index in [1.165, 1.54) is 4.31 Å². The molecule has 0 atom stereocenters. The average molecular weight is 471 g/mol. The Morgan fingerprint density at radius 2 is 1.52 bits per heavy atom. The minimum Gasteiger partial charge on any atom is -0.324 e. The highest BCUT2D eigenvalue weighted by Gasteiger charge is 2.36. The van der Waals surface area contributed by atoms with Crippen LogP contribution in [0.1, 0.15) is 73.8 Å². The van der Waals surface area contributed by atoms with E-state index >= 15 is 0 Å². The van der Waals surface area contributed by atoms with Crippen molar-refractivity contribution >= 4 is 21.6 Å². The number of carbonyl (C=O) groups is 1. The molecule has 33 heavy (non-hydrogen) atoms. The van der Waals surface area contributed by atoms with Gasteiger partial charge in [-0.3, -0.25) is 4.79 Å². The van der Waals surface area contributed by atoms with Gasteiger partial charge >= 0.3 is 0 Å². The molecule has 2 aromatic rings. The maximum Gasteiger partial charge on any atom is 0.244 e. The molecule has 0 unspecified atom stereocenters. The van der Waals surface area contributed by atoms with E-state index in [4.69, 9.17) is 0 Å². The van der Waals surface area contributed by atoms with Gasteiger partial charge in [0, 0.05) is 11.7 Å². The first kappa shape index (κ1) is 25.4. The molecule has 1 N–H and O–H groups in total. The van der Waals surface area contributed by atoms with Crippen LogP contribution in [0.15, 0.2) is 35.2 Å². The van der Waals surface area contributed by atoms with Crippen LogP contribution in [0.5, 0.6) is 0 Å². The van der Waals surface area contributed by atoms with Crippen molar-refractivity contribution in [3.8, 4) is 0 Å². The predicted octanol–water partition coefficient (Wildman–Crippen LogP) is 5.70. The van der Waals surface area contributed by atoms with E-state index in [2.05, 4.69) is 19.2 Å². The standard InChI is InChI=1S/C27H38N2O3S/c1-6-22-12-11-13-23(7-2)26(22)28-25(30)18-29(24-14-9-8-10-15-24)33(31,32)27-20(4)16-19(3)17-21(27)5/h11-13,16-17,24H,6-10,14-15,18H2,1-5H3,(H,28,30). The van der Waals surface area contributed by atoms with Crippen LogP contribution in [-0.4, -0.2) is 31.2 Å². The monoisotopic (exact) mass is 470 g/mol. The van der Waals surface area contributed by atoms with Gasteiger partial charge in [0.2, 0.25) is 15.9 Å². The summed E-state index contributed by atoms with van der Waals surface area (Å²) >= 11 is 0. The number of hydrogen-bond donors (Lipinski definition) is 1. The number of para-hydroxylation sites is 1. The lowest BCUT2D eigenvalue weighted by molar-refractivity contribution is -0.116. The van der Waals surface area contributed by atoms with Crippen LogP contribution >= 0.6 is 0 Å². The first-order chi connectivity index (χ1) is 15.7. The molecule has 1 fully saturated rings. The summed E-state index contributed by atoms with van der Waals surface area (Å²) in [6.45, 7) is 9.62. The number of aryl methyl sites for hydroxylation is 5. The van der Waals surface area contributed by atoms with Gasteiger partial charge in [0.1, 0.15) is 0 Å². The zero-order chi connectivity index (χ0) is 24.2. The zero-order valence-corrected chi connectivity index (χ0v) is 21.5. The Balaban J connectivity index is 1.97. The third kappa shape index (κ3) is 5.67. The number of rotatable bonds is 8. The van der Waals surface area contributed by atoms with E-state index in [-0.39, 0.29) is 18.5 Å². The third-order valence-electron chi connectivity index (χ3n) is 6.72. The number of nitrogens with zero attached hydrogens (tertiary/aromatic N) is 1. The molecule has 0 aromatic heterocycles. The van der Waals surface area contributed by atoms with Gasteiger partial charge in [0.15, 0.2) is 0 Å². The van der Waals surface area contributed by atoms with Crippen LogP contribution in [-0.2, 0) is 27.7 Å². The fraction of sp³-hybridized carbons (Fsp3) is 0.519. The zero-order valence-electron chi connectivity index (χ0n) is 20.7. The van der Waals surface area contributed by atoms with E-state index in [0.29, 0.717) is 4.90 Å². The van der Waals surface area contributed by atoms with Crippen molar-refractivity contribution in [3.05, 3.63) is 58.1 Å². The fourth-order valence-corrected chi connectivity index (χ4v) is 7.25. The smallest absolute Gasteiger partial charge is 0.244 e. The summed E-state index contributed by atoms with van der Waals surface area (Å²) in [6.07, 6.45) is 6.28. The molecule has 0 spiro atoms. The lowest BCUT2D eigenvalue weighted by atomic mass is 9.95. The molecule has 5 nitrogen and oxygen atoms in total. The van der Waals surface area contributed by atoms with Crippen LogP contribution in [0.25, 0.3) is 0 Å². The molecular formula is C27H38N2O3S. The maximum atomic E-state index is 14.0. The summed E-state index contributed by atoms with van der Waals surface area (Å²) in [5.74, 6) is -0.276. The van der Waals surface area contributed by atoms with Crippen LogP contribution < -0.4 is 5.32 Å². The fourth-order valence-electron chi connectivity index (χ4n) is 5.19. The number of amides is 1. The van der Waals surface area contributed by atoms with E-state index < -0.39 is 10.0 Å². The van der Waals surface area contributed by atoms with Crippen LogP contribution in [0.3, 0.4) is 0 Å². The van der Waals surface area contributed by atoms with Crippen molar-refractivity contribution in [1.82, 2.24) is 4.31 Å². The number of benzene rings is 2. The van der Waals surface area contributed by atoms with Gasteiger partial charge in [-0.2, -0.15) is 4.31 Å². The number of hydrogen-bond acceptors (Lipinski definition) is 3. The number of nitrogens with one attached hydrogen (secondary N) is 1. The highest BCUT2D eigenvalue weighted by Crippen LogP contribution is 2.31. The van der Waals surface area contributed by atoms with Crippen LogP contribution in [0, 0.1) is 20.8 Å². The number of anilines is 1. The van der Waals surface area contributed by atoms with Crippen LogP contribution in [0.4, 0.5) is 5.69 Å². The van der Waals surface area contributed by atoms with Gasteiger partial charge < -0.3 is 5.32 Å². The Morgan fingerprint density at radius 1 is 0.970 bits per heavy atom. The summed E-state index contributed by atoms with van der Waals surface area (Å²) in [7, 11) is -3.83. The molecule has 2 aromatic carbocycles. The molecule has 0 radical (unpaired) electrons. The van der Waals surface area contributed by atoms with Gasteiger partial charge in [-0.15, -0.1) is 0 Å². The van der Waals surface area contributed by atoms with Crippen molar-refractivity contribution in [2.45, 2.75) is 90.5 Å². The maximum absolute atomic E-state index is 14.0. The first-order valence-electron chi connectivity index (χ1n) is 12.2. The molecule has 0 saturated heterocycles. The second-order valence-corrected chi connectivity index (χ2v) is 11.1. The van der Waals surface area contributed by atoms with Gasteiger partial charge in [-0.05, 0) is 68.7 Å². The number of carbonyl (C=O) groups excluding carboxylic acids is 1. The van der Waals surface area contributed by atoms with Crippen molar-refractivity contribution in [1.29, 1.82) is 0 Å². The van der Waals surface area contributed by atoms with Gasteiger partial charge in [-0.1, -0.05) is 69.0 Å². The van der Waals surface area contributed by atoms with Crippen molar-refractivity contribution in [2.24, 2.45) is 0 Å². The van der Waals surface area contributed by atoms with Crippen LogP contribution in [0.2, 0.25) is 0 Å². The van der Waals surface area contributed by atoms with E-state index in [1.54, 1.807) is 0 Å². The SMILES string of the molecule is CCc1cccc(CC)c1NC(=O)CN(C1CCCCC1)S(=O)(=O)c1c(C)cc(C)cc1C. The van der Waals surface area contributed by atoms with E-state index in [1.807, 2.05) is 51.1 Å². The van der Waals surface area contributed by atoms with Gasteiger partial charge in [0.05, 0.1) is 11.4 Å². The van der Waals surface area contributed by atoms with Crippen molar-refractivity contribution in [3.63, 3.8) is 0 Å². The molecule has 1 aliphatic rings. The Bertz CT molecular complexity index is 1060. The molecule has 0 aliphatic heterocycles. The first-order valence-corrected chi connectivity index (χ1v) is 13.6. The molecule has 6 heteroatoms. The van der Waals surface area contributed by atoms with E-state index in [9.17, 15) is 13.2 Å². The quantitative estimate of drug-likeness (QED) is 0.538. The largest absolute Gasteiger partial charge is 0.324 e. The Labute approximate surface area is 199 Å². The highest BCUT2D eigenvalue weighted by atomic mass is 32.2. The Morgan fingerprint density at radius 3 is 2.03 bits per heavy atom. The summed E-state index contributed by atoms with van der Waals surface area (Å²) in [5.41, 5.74) is 5.47. The second-order valence-electron chi connectivity index (χ2n) is 9.28. The highest BCUT2D eigenvalue weighted by molar-refractivity contribution is 7.89. The normalized spacial score (nSPS) is 15.1. The Hall–Kier alpha value is -2.18. The minimum atomic E-state index is -3.83. The number of sulfonamides is 1. The second kappa shape index (κ2) is 10.8. The average Bonchev–Trinajstić information content (AvgIpc) is 2.77. The Kier molecular flexibility index (Phi) is 8.35. The third-order valence-corrected chi connectivity index (χ3v) is 8.92. The molecule has 1 saturated carbocycles. The summed E-state index contributed by atoms with van der Waals surface area (Å²) in [6, 6.07) is 9.71. The summed E-state index contributed by atoms with van der Waals surface area (Å²) in [5, 5.41) is 3.07. The molecule has 3 rings (SSSR count). The summed E-state index contributed by atoms with van der Waals surface area (Å²) in [4.78, 5) is 13.6. The minimum absolute atomic E-state index is 0.151. The lowest BCUT2D eigenvalue weighted by Gasteiger charge is -2.34. The van der Waals surface area contributed by atoms with Crippen molar-refractivity contribution in [2.75, 3.05) is 11.9 Å². The summed E-state index contributed by atoms with van der Waals surface area (Å²) < 4.78 is 29.4. The van der Waals surface area contributed by atoms with Crippen molar-refractivity contribution < 1.29 is 13.2 Å².